The molecule has 0 amide bonds. The summed E-state index contributed by atoms with van der Waals surface area (Å²) >= 11 is 0. The van der Waals surface area contributed by atoms with E-state index in [9.17, 15) is 19.2 Å². The van der Waals surface area contributed by atoms with Crippen molar-refractivity contribution in [2.45, 2.75) is 20.0 Å². The molecule has 13 heavy (non-hydrogen) atoms. The molecular weight excluding hydrogens is 176 g/mol. The summed E-state index contributed by atoms with van der Waals surface area (Å²) < 4.78 is 4.32. The summed E-state index contributed by atoms with van der Waals surface area (Å²) in [6, 6.07) is 0. The van der Waals surface area contributed by atoms with Gasteiger partial charge in [-0.1, -0.05) is 13.8 Å². The normalized spacial score (nSPS) is 22.4. The molecule has 1 aliphatic rings. The molecule has 0 aromatic carbocycles. The van der Waals surface area contributed by atoms with Gasteiger partial charge in [0.25, 0.3) is 5.78 Å². The fourth-order valence-electron chi connectivity index (χ4n) is 0.924. The standard InChI is InChI=1S/C8H8O5/c1-3(2)4(9)7-5(10)6(11)8(12)13-7/h3,7H,1-2H3. The molecule has 1 saturated heterocycles. The summed E-state index contributed by atoms with van der Waals surface area (Å²) in [6.07, 6.45) is -1.50. The van der Waals surface area contributed by atoms with Gasteiger partial charge >= 0.3 is 11.8 Å². The maximum Gasteiger partial charge on any atom is 0.384 e. The third kappa shape index (κ3) is 1.49. The van der Waals surface area contributed by atoms with E-state index in [1.165, 1.54) is 0 Å². The Hall–Kier alpha value is -1.52. The first kappa shape index (κ1) is 9.57. The summed E-state index contributed by atoms with van der Waals surface area (Å²) in [5.41, 5.74) is 0. The van der Waals surface area contributed by atoms with Crippen LogP contribution in [-0.2, 0) is 23.9 Å². The minimum atomic E-state index is -1.50. The van der Waals surface area contributed by atoms with E-state index in [1.54, 1.807) is 13.8 Å². The van der Waals surface area contributed by atoms with Crippen LogP contribution in [0.4, 0.5) is 0 Å². The lowest BCUT2D eigenvalue weighted by atomic mass is 10.0. The monoisotopic (exact) mass is 184 g/mol. The van der Waals surface area contributed by atoms with Crippen LogP contribution >= 0.6 is 0 Å². The number of hydrogen-bond donors (Lipinski definition) is 0. The first-order chi connectivity index (χ1) is 5.95. The molecule has 1 aliphatic heterocycles. The van der Waals surface area contributed by atoms with Crippen molar-refractivity contribution in [3.05, 3.63) is 0 Å². The van der Waals surface area contributed by atoms with Gasteiger partial charge in [0.1, 0.15) is 0 Å². The van der Waals surface area contributed by atoms with Crippen LogP contribution in [0.15, 0.2) is 0 Å². The smallest absolute Gasteiger partial charge is 0.384 e. The number of ether oxygens (including phenoxy) is 1. The fourth-order valence-corrected chi connectivity index (χ4v) is 0.924. The van der Waals surface area contributed by atoms with Crippen LogP contribution in [0.1, 0.15) is 13.8 Å². The highest BCUT2D eigenvalue weighted by atomic mass is 16.6. The fraction of sp³-hybridized carbons (Fsp3) is 0.500. The molecule has 1 rings (SSSR count). The largest absolute Gasteiger partial charge is 0.440 e. The topological polar surface area (TPSA) is 77.5 Å². The van der Waals surface area contributed by atoms with Gasteiger partial charge < -0.3 is 4.74 Å². The number of hydrogen-bond acceptors (Lipinski definition) is 5. The van der Waals surface area contributed by atoms with E-state index in [-0.39, 0.29) is 0 Å². The summed E-state index contributed by atoms with van der Waals surface area (Å²) in [7, 11) is 0. The van der Waals surface area contributed by atoms with Crippen molar-refractivity contribution >= 4 is 23.3 Å². The first-order valence-electron chi connectivity index (χ1n) is 3.78. The molecule has 5 heteroatoms. The van der Waals surface area contributed by atoms with Crippen molar-refractivity contribution in [2.75, 3.05) is 0 Å². The van der Waals surface area contributed by atoms with E-state index in [1.807, 2.05) is 0 Å². The van der Waals surface area contributed by atoms with Crippen LogP contribution in [0, 0.1) is 5.92 Å². The summed E-state index contributed by atoms with van der Waals surface area (Å²) in [4.78, 5) is 43.4. The molecule has 5 nitrogen and oxygen atoms in total. The molecular formula is C8H8O5. The summed E-state index contributed by atoms with van der Waals surface area (Å²) in [5.74, 6) is -4.50. The zero-order valence-corrected chi connectivity index (χ0v) is 7.20. The van der Waals surface area contributed by atoms with Crippen molar-refractivity contribution in [3.63, 3.8) is 0 Å². The van der Waals surface area contributed by atoms with Crippen LogP contribution in [0.2, 0.25) is 0 Å². The molecule has 0 aromatic rings. The van der Waals surface area contributed by atoms with E-state index in [0.717, 1.165) is 0 Å². The highest BCUT2D eigenvalue weighted by Crippen LogP contribution is 2.12. The Bertz CT molecular complexity index is 302. The SMILES string of the molecule is CC(C)C(=O)C1OC(=O)C(=O)C1=O. The van der Waals surface area contributed by atoms with E-state index in [0.29, 0.717) is 0 Å². The maximum atomic E-state index is 11.2. The van der Waals surface area contributed by atoms with Gasteiger partial charge in [0.05, 0.1) is 0 Å². The van der Waals surface area contributed by atoms with Crippen LogP contribution in [0.5, 0.6) is 0 Å². The Labute approximate surface area is 74.0 Å². The molecule has 0 saturated carbocycles. The summed E-state index contributed by atoms with van der Waals surface area (Å²) in [5, 5.41) is 0. The van der Waals surface area contributed by atoms with E-state index in [4.69, 9.17) is 0 Å². The lowest BCUT2D eigenvalue weighted by Gasteiger charge is -2.07. The zero-order chi connectivity index (χ0) is 10.2. The molecule has 0 aliphatic carbocycles. The van der Waals surface area contributed by atoms with Gasteiger partial charge in [-0.3, -0.25) is 14.4 Å². The zero-order valence-electron chi connectivity index (χ0n) is 7.20. The van der Waals surface area contributed by atoms with Gasteiger partial charge in [0.15, 0.2) is 5.78 Å². The number of ketones is 3. The molecule has 1 fully saturated rings. The van der Waals surface area contributed by atoms with E-state index in [2.05, 4.69) is 4.74 Å². The third-order valence-corrected chi connectivity index (χ3v) is 1.70. The van der Waals surface area contributed by atoms with Crippen molar-refractivity contribution in [3.8, 4) is 0 Å². The van der Waals surface area contributed by atoms with Crippen LogP contribution < -0.4 is 0 Å². The number of cyclic esters (lactones) is 1. The number of carbonyl (C=O) groups excluding carboxylic acids is 4. The van der Waals surface area contributed by atoms with Gasteiger partial charge in [-0.2, -0.15) is 0 Å². The Morgan fingerprint density at radius 1 is 1.31 bits per heavy atom. The highest BCUT2D eigenvalue weighted by molar-refractivity contribution is 6.67. The lowest BCUT2D eigenvalue weighted by Crippen LogP contribution is -2.32. The third-order valence-electron chi connectivity index (χ3n) is 1.70. The molecule has 1 unspecified atom stereocenters. The second kappa shape index (κ2) is 3.08. The predicted octanol–water partition coefficient (Wildman–Crippen LogP) is -0.725. The number of carbonyl (C=O) groups is 4. The van der Waals surface area contributed by atoms with Crippen LogP contribution in [0.25, 0.3) is 0 Å². The lowest BCUT2D eigenvalue weighted by molar-refractivity contribution is -0.152. The molecule has 0 aromatic heterocycles. The second-order valence-corrected chi connectivity index (χ2v) is 3.04. The molecule has 70 valence electrons. The van der Waals surface area contributed by atoms with Gasteiger partial charge in [-0.25, -0.2) is 4.79 Å². The minimum absolute atomic E-state index is 0.437. The summed E-state index contributed by atoms with van der Waals surface area (Å²) in [6.45, 7) is 3.12. The molecule has 1 atom stereocenters. The van der Waals surface area contributed by atoms with Gasteiger partial charge in [0, 0.05) is 5.92 Å². The number of Topliss-reactive ketones (excluding diaryl/α,β-unsaturated/α-hetero) is 3. The van der Waals surface area contributed by atoms with Crippen LogP contribution in [-0.4, -0.2) is 29.4 Å². The quantitative estimate of drug-likeness (QED) is 0.321. The van der Waals surface area contributed by atoms with Crippen LogP contribution in [0.3, 0.4) is 0 Å². The highest BCUT2D eigenvalue weighted by Gasteiger charge is 2.46. The predicted molar refractivity (Wildman–Crippen MR) is 39.7 cm³/mol. The van der Waals surface area contributed by atoms with Crippen molar-refractivity contribution in [1.29, 1.82) is 0 Å². The van der Waals surface area contributed by atoms with E-state index < -0.39 is 35.3 Å². The molecule has 0 bridgehead atoms. The van der Waals surface area contributed by atoms with Gasteiger partial charge in [-0.15, -0.1) is 0 Å². The second-order valence-electron chi connectivity index (χ2n) is 3.04. The molecule has 0 radical (unpaired) electrons. The van der Waals surface area contributed by atoms with Crippen molar-refractivity contribution in [2.24, 2.45) is 5.92 Å². The Kier molecular flexibility index (Phi) is 2.27. The molecule has 0 N–H and O–H groups in total. The Morgan fingerprint density at radius 3 is 2.15 bits per heavy atom. The van der Waals surface area contributed by atoms with E-state index >= 15 is 0 Å². The first-order valence-corrected chi connectivity index (χ1v) is 3.78. The average molecular weight is 184 g/mol. The number of rotatable bonds is 2. The van der Waals surface area contributed by atoms with Gasteiger partial charge in [0.2, 0.25) is 6.10 Å². The van der Waals surface area contributed by atoms with Crippen molar-refractivity contribution in [1.82, 2.24) is 0 Å². The average Bonchev–Trinajstić information content (AvgIpc) is 2.31. The Morgan fingerprint density at radius 2 is 1.85 bits per heavy atom. The Balaban J connectivity index is 2.86. The van der Waals surface area contributed by atoms with Gasteiger partial charge in [-0.05, 0) is 0 Å². The molecule has 1 heterocycles. The number of esters is 1. The minimum Gasteiger partial charge on any atom is -0.440 e. The maximum absolute atomic E-state index is 11.2. The molecule has 0 spiro atoms. The van der Waals surface area contributed by atoms with Crippen molar-refractivity contribution < 1.29 is 23.9 Å².